The normalized spacial score (nSPS) is 11.4. The highest BCUT2D eigenvalue weighted by atomic mass is 16.4. The Labute approximate surface area is 103 Å². The Balaban J connectivity index is 2.32. The highest BCUT2D eigenvalue weighted by Gasteiger charge is 2.29. The van der Waals surface area contributed by atoms with E-state index in [0.29, 0.717) is 11.5 Å². The SMILES string of the molecule is CC(C)(Cn1nnnc1-c1ccccn1)C(=O)O. The average molecular weight is 247 g/mol. The van der Waals surface area contributed by atoms with Crippen molar-refractivity contribution >= 4 is 5.97 Å². The predicted octanol–water partition coefficient (Wildman–Crippen LogP) is 0.846. The van der Waals surface area contributed by atoms with Gasteiger partial charge in [-0.2, -0.15) is 0 Å². The number of aromatic nitrogens is 5. The Morgan fingerprint density at radius 1 is 1.44 bits per heavy atom. The van der Waals surface area contributed by atoms with Gasteiger partial charge in [0.05, 0.1) is 12.0 Å². The summed E-state index contributed by atoms with van der Waals surface area (Å²) >= 11 is 0. The summed E-state index contributed by atoms with van der Waals surface area (Å²) in [5.74, 6) is -0.435. The fourth-order valence-corrected chi connectivity index (χ4v) is 1.43. The fraction of sp³-hybridized carbons (Fsp3) is 0.364. The molecule has 2 aromatic heterocycles. The number of pyridine rings is 1. The van der Waals surface area contributed by atoms with Crippen LogP contribution in [-0.4, -0.2) is 36.3 Å². The van der Waals surface area contributed by atoms with Crippen molar-refractivity contribution in [1.29, 1.82) is 0 Å². The van der Waals surface area contributed by atoms with Crippen LogP contribution in [0.15, 0.2) is 24.4 Å². The molecule has 0 aliphatic heterocycles. The van der Waals surface area contributed by atoms with Crippen LogP contribution in [0.5, 0.6) is 0 Å². The van der Waals surface area contributed by atoms with Crippen LogP contribution < -0.4 is 0 Å². The summed E-state index contributed by atoms with van der Waals surface area (Å²) in [5, 5.41) is 20.4. The van der Waals surface area contributed by atoms with E-state index in [1.165, 1.54) is 4.68 Å². The van der Waals surface area contributed by atoms with E-state index in [4.69, 9.17) is 5.11 Å². The van der Waals surface area contributed by atoms with Gasteiger partial charge in [0.1, 0.15) is 5.69 Å². The van der Waals surface area contributed by atoms with Gasteiger partial charge in [-0.15, -0.1) is 5.10 Å². The largest absolute Gasteiger partial charge is 0.481 e. The van der Waals surface area contributed by atoms with E-state index in [2.05, 4.69) is 20.5 Å². The molecule has 0 atom stereocenters. The van der Waals surface area contributed by atoms with Crippen LogP contribution in [0, 0.1) is 5.41 Å². The Bertz CT molecular complexity index is 550. The number of hydrogen-bond donors (Lipinski definition) is 1. The number of carboxylic acids is 1. The van der Waals surface area contributed by atoms with Gasteiger partial charge in [-0.25, -0.2) is 4.68 Å². The minimum atomic E-state index is -0.946. The number of carboxylic acid groups (broad SMARTS) is 1. The maximum atomic E-state index is 11.1. The minimum Gasteiger partial charge on any atom is -0.481 e. The molecular formula is C11H13N5O2. The van der Waals surface area contributed by atoms with Gasteiger partial charge in [-0.1, -0.05) is 6.07 Å². The molecule has 0 spiro atoms. The first-order chi connectivity index (χ1) is 8.50. The Kier molecular flexibility index (Phi) is 3.05. The van der Waals surface area contributed by atoms with Gasteiger partial charge >= 0.3 is 5.97 Å². The van der Waals surface area contributed by atoms with E-state index < -0.39 is 11.4 Å². The number of carbonyl (C=O) groups is 1. The lowest BCUT2D eigenvalue weighted by atomic mass is 9.94. The molecule has 0 amide bonds. The average Bonchev–Trinajstić information content (AvgIpc) is 2.77. The summed E-state index contributed by atoms with van der Waals surface area (Å²) in [7, 11) is 0. The second kappa shape index (κ2) is 4.52. The molecular weight excluding hydrogens is 234 g/mol. The van der Waals surface area contributed by atoms with Crippen molar-refractivity contribution in [3.63, 3.8) is 0 Å². The molecule has 1 N–H and O–H groups in total. The molecule has 0 aliphatic carbocycles. The van der Waals surface area contributed by atoms with Crippen LogP contribution in [0.3, 0.4) is 0 Å². The number of aliphatic carboxylic acids is 1. The quantitative estimate of drug-likeness (QED) is 0.860. The number of tetrazole rings is 1. The van der Waals surface area contributed by atoms with Crippen molar-refractivity contribution in [2.45, 2.75) is 20.4 Å². The van der Waals surface area contributed by atoms with E-state index >= 15 is 0 Å². The van der Waals surface area contributed by atoms with Gasteiger partial charge in [0.15, 0.2) is 0 Å². The molecule has 0 fully saturated rings. The second-order valence-corrected chi connectivity index (χ2v) is 4.56. The molecule has 2 heterocycles. The van der Waals surface area contributed by atoms with Crippen LogP contribution in [0.4, 0.5) is 0 Å². The van der Waals surface area contributed by atoms with Crippen LogP contribution in [-0.2, 0) is 11.3 Å². The minimum absolute atomic E-state index is 0.182. The first-order valence-corrected chi connectivity index (χ1v) is 5.42. The Morgan fingerprint density at radius 2 is 2.22 bits per heavy atom. The molecule has 0 aromatic carbocycles. The maximum absolute atomic E-state index is 11.1. The second-order valence-electron chi connectivity index (χ2n) is 4.56. The lowest BCUT2D eigenvalue weighted by molar-refractivity contribution is -0.147. The van der Waals surface area contributed by atoms with Crippen molar-refractivity contribution in [3.05, 3.63) is 24.4 Å². The van der Waals surface area contributed by atoms with Gasteiger partial charge < -0.3 is 5.11 Å². The summed E-state index contributed by atoms with van der Waals surface area (Å²) in [6.07, 6.45) is 1.64. The van der Waals surface area contributed by atoms with Gasteiger partial charge in [-0.05, 0) is 36.4 Å². The van der Waals surface area contributed by atoms with E-state index in [1.807, 2.05) is 6.07 Å². The zero-order chi connectivity index (χ0) is 13.2. The molecule has 2 rings (SSSR count). The van der Waals surface area contributed by atoms with Crippen LogP contribution >= 0.6 is 0 Å². The summed E-state index contributed by atoms with van der Waals surface area (Å²) < 4.78 is 1.45. The molecule has 0 aliphatic rings. The third-order valence-corrected chi connectivity index (χ3v) is 2.55. The van der Waals surface area contributed by atoms with E-state index in [0.717, 1.165) is 0 Å². The van der Waals surface area contributed by atoms with Crippen molar-refractivity contribution in [2.24, 2.45) is 5.41 Å². The lowest BCUT2D eigenvalue weighted by Gasteiger charge is -2.18. The molecule has 0 saturated carbocycles. The van der Waals surface area contributed by atoms with Gasteiger partial charge in [0, 0.05) is 6.20 Å². The third-order valence-electron chi connectivity index (χ3n) is 2.55. The molecule has 94 valence electrons. The highest BCUT2D eigenvalue weighted by molar-refractivity contribution is 5.73. The smallest absolute Gasteiger partial charge is 0.310 e. The molecule has 0 unspecified atom stereocenters. The standard InChI is InChI=1S/C11H13N5O2/c1-11(2,10(17)18)7-16-9(13-14-15-16)8-5-3-4-6-12-8/h3-6H,7H2,1-2H3,(H,17,18). The van der Waals surface area contributed by atoms with Gasteiger partial charge in [0.25, 0.3) is 0 Å². The first-order valence-electron chi connectivity index (χ1n) is 5.42. The van der Waals surface area contributed by atoms with E-state index in [9.17, 15) is 4.79 Å². The fourth-order valence-electron chi connectivity index (χ4n) is 1.43. The lowest BCUT2D eigenvalue weighted by Crippen LogP contribution is -2.30. The van der Waals surface area contributed by atoms with Crippen LogP contribution in [0.2, 0.25) is 0 Å². The summed E-state index contributed by atoms with van der Waals surface area (Å²) in [6.45, 7) is 3.43. The first kappa shape index (κ1) is 12.2. The molecule has 7 nitrogen and oxygen atoms in total. The predicted molar refractivity (Wildman–Crippen MR) is 62.5 cm³/mol. The molecule has 7 heteroatoms. The molecule has 2 aromatic rings. The van der Waals surface area contributed by atoms with Gasteiger partial charge in [0.2, 0.25) is 5.82 Å². The molecule has 0 saturated heterocycles. The van der Waals surface area contributed by atoms with Crippen molar-refractivity contribution < 1.29 is 9.90 Å². The molecule has 18 heavy (non-hydrogen) atoms. The van der Waals surface area contributed by atoms with Crippen molar-refractivity contribution in [1.82, 2.24) is 25.2 Å². The highest BCUT2D eigenvalue weighted by Crippen LogP contribution is 2.21. The topological polar surface area (TPSA) is 93.8 Å². The van der Waals surface area contributed by atoms with Crippen LogP contribution in [0.25, 0.3) is 11.5 Å². The Hall–Kier alpha value is -2.31. The van der Waals surface area contributed by atoms with Crippen LogP contribution in [0.1, 0.15) is 13.8 Å². The molecule has 0 bridgehead atoms. The monoisotopic (exact) mass is 247 g/mol. The van der Waals surface area contributed by atoms with Crippen molar-refractivity contribution in [3.8, 4) is 11.5 Å². The van der Waals surface area contributed by atoms with Crippen molar-refractivity contribution in [2.75, 3.05) is 0 Å². The van der Waals surface area contributed by atoms with E-state index in [1.54, 1.807) is 32.2 Å². The maximum Gasteiger partial charge on any atom is 0.310 e. The molecule has 0 radical (unpaired) electrons. The van der Waals surface area contributed by atoms with E-state index in [-0.39, 0.29) is 6.54 Å². The van der Waals surface area contributed by atoms with Gasteiger partial charge in [-0.3, -0.25) is 9.78 Å². The number of hydrogen-bond acceptors (Lipinski definition) is 5. The zero-order valence-corrected chi connectivity index (χ0v) is 10.1. The number of nitrogens with zero attached hydrogens (tertiary/aromatic N) is 5. The summed E-state index contributed by atoms with van der Waals surface area (Å²) in [4.78, 5) is 15.2. The number of rotatable bonds is 4. The summed E-state index contributed by atoms with van der Waals surface area (Å²) in [5.41, 5.74) is -0.331. The Morgan fingerprint density at radius 3 is 2.83 bits per heavy atom. The zero-order valence-electron chi connectivity index (χ0n) is 10.1. The third kappa shape index (κ3) is 2.34. The summed E-state index contributed by atoms with van der Waals surface area (Å²) in [6, 6.07) is 5.39.